The van der Waals surface area contributed by atoms with Crippen molar-refractivity contribution in [3.63, 3.8) is 0 Å². The Kier molecular flexibility index (Phi) is 2.90. The second kappa shape index (κ2) is 4.86. The Morgan fingerprint density at radius 2 is 2.05 bits per heavy atom. The first-order valence-corrected chi connectivity index (χ1v) is 6.03. The summed E-state index contributed by atoms with van der Waals surface area (Å²) in [5.74, 6) is 0.478. The van der Waals surface area contributed by atoms with Gasteiger partial charge in [-0.25, -0.2) is 9.97 Å². The van der Waals surface area contributed by atoms with Crippen molar-refractivity contribution in [2.75, 3.05) is 5.73 Å². The summed E-state index contributed by atoms with van der Waals surface area (Å²) < 4.78 is 1.91. The van der Waals surface area contributed by atoms with Crippen LogP contribution in [0, 0.1) is 11.3 Å². The van der Waals surface area contributed by atoms with Gasteiger partial charge in [0.1, 0.15) is 5.82 Å². The molecular weight excluding hydrogens is 250 g/mol. The lowest BCUT2D eigenvalue weighted by atomic mass is 10.2. The van der Waals surface area contributed by atoms with Crippen LogP contribution in [0.3, 0.4) is 0 Å². The number of hydrogen-bond donors (Lipinski definition) is 1. The van der Waals surface area contributed by atoms with Crippen molar-refractivity contribution in [1.29, 1.82) is 5.26 Å². The van der Waals surface area contributed by atoms with E-state index in [-0.39, 0.29) is 0 Å². The summed E-state index contributed by atoms with van der Waals surface area (Å²) in [5.41, 5.74) is 8.90. The molecule has 2 aromatic heterocycles. The maximum absolute atomic E-state index is 8.98. The minimum Gasteiger partial charge on any atom is -0.384 e. The van der Waals surface area contributed by atoms with Gasteiger partial charge in [-0.3, -0.25) is 4.57 Å². The minimum absolute atomic E-state index is 0.478. The Balaban J connectivity index is 2.10. The number of imidazole rings is 1. The average molecular weight is 261 g/mol. The minimum atomic E-state index is 0.478. The van der Waals surface area contributed by atoms with Gasteiger partial charge >= 0.3 is 0 Å². The lowest BCUT2D eigenvalue weighted by Gasteiger charge is -2.08. The molecule has 20 heavy (non-hydrogen) atoms. The second-order valence-corrected chi connectivity index (χ2v) is 4.28. The Morgan fingerprint density at radius 1 is 1.15 bits per heavy atom. The molecule has 96 valence electrons. The molecule has 5 nitrogen and oxygen atoms in total. The SMILES string of the molecule is N#Cc1cccc(-n2cncc2-c2ccc(N)nc2)c1. The summed E-state index contributed by atoms with van der Waals surface area (Å²) in [5, 5.41) is 8.98. The first kappa shape index (κ1) is 11.9. The van der Waals surface area contributed by atoms with Crippen molar-refractivity contribution < 1.29 is 0 Å². The number of rotatable bonds is 2. The fourth-order valence-electron chi connectivity index (χ4n) is 2.00. The van der Waals surface area contributed by atoms with E-state index in [4.69, 9.17) is 11.0 Å². The van der Waals surface area contributed by atoms with Crippen LogP contribution in [0.2, 0.25) is 0 Å². The van der Waals surface area contributed by atoms with Crippen LogP contribution in [0.5, 0.6) is 0 Å². The molecular formula is C15H11N5. The van der Waals surface area contributed by atoms with Crippen LogP contribution >= 0.6 is 0 Å². The van der Waals surface area contributed by atoms with Gasteiger partial charge < -0.3 is 5.73 Å². The van der Waals surface area contributed by atoms with Crippen molar-refractivity contribution in [3.05, 3.63) is 60.7 Å². The number of nitrogen functional groups attached to an aromatic ring is 1. The van der Waals surface area contributed by atoms with Crippen molar-refractivity contribution in [3.8, 4) is 23.0 Å². The largest absolute Gasteiger partial charge is 0.384 e. The van der Waals surface area contributed by atoms with Gasteiger partial charge in [-0.05, 0) is 30.3 Å². The van der Waals surface area contributed by atoms with Crippen molar-refractivity contribution >= 4 is 5.82 Å². The lowest BCUT2D eigenvalue weighted by Crippen LogP contribution is -1.96. The highest BCUT2D eigenvalue weighted by Crippen LogP contribution is 2.22. The van der Waals surface area contributed by atoms with Gasteiger partial charge in [0.15, 0.2) is 0 Å². The third kappa shape index (κ3) is 2.10. The van der Waals surface area contributed by atoms with Gasteiger partial charge in [-0.1, -0.05) is 6.07 Å². The van der Waals surface area contributed by atoms with Crippen LogP contribution in [-0.2, 0) is 0 Å². The van der Waals surface area contributed by atoms with Crippen molar-refractivity contribution in [2.45, 2.75) is 0 Å². The predicted molar refractivity (Wildman–Crippen MR) is 75.9 cm³/mol. The van der Waals surface area contributed by atoms with Crippen LogP contribution < -0.4 is 5.73 Å². The number of hydrogen-bond acceptors (Lipinski definition) is 4. The molecule has 0 radical (unpaired) electrons. The number of nitrogens with zero attached hydrogens (tertiary/aromatic N) is 4. The monoisotopic (exact) mass is 261 g/mol. The molecule has 0 saturated carbocycles. The molecule has 5 heteroatoms. The van der Waals surface area contributed by atoms with Gasteiger partial charge in [0, 0.05) is 17.4 Å². The lowest BCUT2D eigenvalue weighted by molar-refractivity contribution is 1.06. The zero-order chi connectivity index (χ0) is 13.9. The van der Waals surface area contributed by atoms with E-state index in [1.165, 1.54) is 0 Å². The predicted octanol–water partition coefficient (Wildman–Crippen LogP) is 2.39. The average Bonchev–Trinajstić information content (AvgIpc) is 2.97. The van der Waals surface area contributed by atoms with E-state index in [9.17, 15) is 0 Å². The molecule has 0 atom stereocenters. The second-order valence-electron chi connectivity index (χ2n) is 4.28. The van der Waals surface area contributed by atoms with Gasteiger partial charge in [0.25, 0.3) is 0 Å². The Bertz CT molecular complexity index is 781. The summed E-state index contributed by atoms with van der Waals surface area (Å²) in [6.45, 7) is 0. The number of benzene rings is 1. The maximum Gasteiger partial charge on any atom is 0.123 e. The molecule has 1 aromatic carbocycles. The topological polar surface area (TPSA) is 80.5 Å². The molecule has 2 heterocycles. The summed E-state index contributed by atoms with van der Waals surface area (Å²) in [7, 11) is 0. The van der Waals surface area contributed by atoms with Crippen LogP contribution in [0.25, 0.3) is 16.9 Å². The summed E-state index contributed by atoms with van der Waals surface area (Å²) >= 11 is 0. The molecule has 3 rings (SSSR count). The molecule has 0 bridgehead atoms. The standard InChI is InChI=1S/C15H11N5/c16-7-11-2-1-3-13(6-11)20-10-18-9-14(20)12-4-5-15(17)19-8-12/h1-6,8-10H,(H2,17,19). The highest BCUT2D eigenvalue weighted by Gasteiger charge is 2.07. The van der Waals surface area contributed by atoms with Crippen LogP contribution in [0.1, 0.15) is 5.56 Å². The fraction of sp³-hybridized carbons (Fsp3) is 0. The van der Waals surface area contributed by atoms with E-state index >= 15 is 0 Å². The Hall–Kier alpha value is -3.13. The first-order chi connectivity index (χ1) is 9.78. The number of aromatic nitrogens is 3. The molecule has 3 aromatic rings. The fourth-order valence-corrected chi connectivity index (χ4v) is 2.00. The molecule has 0 aliphatic rings. The number of nitriles is 1. The van der Waals surface area contributed by atoms with E-state index in [0.29, 0.717) is 11.4 Å². The molecule has 0 unspecified atom stereocenters. The number of anilines is 1. The quantitative estimate of drug-likeness (QED) is 0.768. The molecule has 0 aliphatic heterocycles. The van der Waals surface area contributed by atoms with Gasteiger partial charge in [0.05, 0.1) is 29.9 Å². The van der Waals surface area contributed by atoms with Crippen LogP contribution in [-0.4, -0.2) is 14.5 Å². The molecule has 2 N–H and O–H groups in total. The summed E-state index contributed by atoms with van der Waals surface area (Å²) in [6.07, 6.45) is 5.17. The molecule has 0 amide bonds. The first-order valence-electron chi connectivity index (χ1n) is 6.03. The van der Waals surface area contributed by atoms with Crippen molar-refractivity contribution in [2.24, 2.45) is 0 Å². The zero-order valence-electron chi connectivity index (χ0n) is 10.6. The van der Waals surface area contributed by atoms with E-state index in [2.05, 4.69) is 16.0 Å². The third-order valence-corrected chi connectivity index (χ3v) is 2.97. The summed E-state index contributed by atoms with van der Waals surface area (Å²) in [6, 6.07) is 13.1. The number of pyridine rings is 1. The Labute approximate surface area is 116 Å². The highest BCUT2D eigenvalue weighted by molar-refractivity contribution is 5.62. The normalized spacial score (nSPS) is 10.2. The smallest absolute Gasteiger partial charge is 0.123 e. The third-order valence-electron chi connectivity index (χ3n) is 2.97. The Morgan fingerprint density at radius 3 is 2.80 bits per heavy atom. The highest BCUT2D eigenvalue weighted by atomic mass is 15.1. The van der Waals surface area contributed by atoms with Crippen LogP contribution in [0.4, 0.5) is 5.82 Å². The van der Waals surface area contributed by atoms with E-state index < -0.39 is 0 Å². The molecule has 0 saturated heterocycles. The van der Waals surface area contributed by atoms with Gasteiger partial charge in [-0.15, -0.1) is 0 Å². The van der Waals surface area contributed by atoms with E-state index in [1.807, 2.05) is 28.8 Å². The summed E-state index contributed by atoms with van der Waals surface area (Å²) in [4.78, 5) is 8.26. The molecule has 0 spiro atoms. The van der Waals surface area contributed by atoms with Gasteiger partial charge in [0.2, 0.25) is 0 Å². The van der Waals surface area contributed by atoms with E-state index in [1.54, 1.807) is 30.9 Å². The maximum atomic E-state index is 8.98. The van der Waals surface area contributed by atoms with E-state index in [0.717, 1.165) is 16.9 Å². The molecule has 0 fully saturated rings. The zero-order valence-corrected chi connectivity index (χ0v) is 10.6. The number of nitrogens with two attached hydrogens (primary N) is 1. The van der Waals surface area contributed by atoms with Gasteiger partial charge in [-0.2, -0.15) is 5.26 Å². The molecule has 0 aliphatic carbocycles. The van der Waals surface area contributed by atoms with Crippen LogP contribution in [0.15, 0.2) is 55.1 Å². The van der Waals surface area contributed by atoms with Crippen molar-refractivity contribution in [1.82, 2.24) is 14.5 Å².